The molecule has 0 atom stereocenters. The van der Waals surface area contributed by atoms with Gasteiger partial charge in [0.1, 0.15) is 6.10 Å². The fraction of sp³-hybridized carbons (Fsp3) is 0.333. The number of hydrogen-bond acceptors (Lipinski definition) is 3. The van der Waals surface area contributed by atoms with Gasteiger partial charge < -0.3 is 4.74 Å². The Morgan fingerprint density at radius 2 is 2.13 bits per heavy atom. The van der Waals surface area contributed by atoms with E-state index in [1.807, 2.05) is 24.4 Å². The predicted molar refractivity (Wildman–Crippen MR) is 57.8 cm³/mol. The Kier molecular flexibility index (Phi) is 2.02. The van der Waals surface area contributed by atoms with Gasteiger partial charge in [-0.1, -0.05) is 0 Å². The monoisotopic (exact) mass is 200 g/mol. The van der Waals surface area contributed by atoms with Gasteiger partial charge in [-0.3, -0.25) is 4.98 Å². The first-order valence-corrected chi connectivity index (χ1v) is 5.29. The normalized spacial score (nSPS) is 16.3. The van der Waals surface area contributed by atoms with E-state index >= 15 is 0 Å². The van der Waals surface area contributed by atoms with Crippen molar-refractivity contribution in [2.24, 2.45) is 0 Å². The quantitative estimate of drug-likeness (QED) is 0.747. The van der Waals surface area contributed by atoms with Crippen LogP contribution in [0.3, 0.4) is 0 Å². The van der Waals surface area contributed by atoms with Crippen molar-refractivity contribution in [1.29, 1.82) is 0 Å². The van der Waals surface area contributed by atoms with E-state index in [2.05, 4.69) is 9.97 Å². The van der Waals surface area contributed by atoms with Gasteiger partial charge >= 0.3 is 0 Å². The van der Waals surface area contributed by atoms with Gasteiger partial charge in [-0.25, -0.2) is 4.98 Å². The summed E-state index contributed by atoms with van der Waals surface area (Å²) < 4.78 is 5.73. The van der Waals surface area contributed by atoms with Crippen molar-refractivity contribution in [2.75, 3.05) is 0 Å². The Balaban J connectivity index is 1.91. The summed E-state index contributed by atoms with van der Waals surface area (Å²) in [5.74, 6) is 0.735. The molecule has 3 nitrogen and oxygen atoms in total. The van der Waals surface area contributed by atoms with Gasteiger partial charge in [0.25, 0.3) is 0 Å². The van der Waals surface area contributed by atoms with Gasteiger partial charge in [-0.15, -0.1) is 0 Å². The molecule has 1 saturated carbocycles. The van der Waals surface area contributed by atoms with Crippen LogP contribution in [-0.2, 0) is 0 Å². The largest absolute Gasteiger partial charge is 0.474 e. The maximum absolute atomic E-state index is 5.73. The molecule has 76 valence electrons. The number of rotatable bonds is 2. The van der Waals surface area contributed by atoms with Crippen LogP contribution in [-0.4, -0.2) is 16.1 Å². The average Bonchev–Trinajstić information content (AvgIpc) is 2.23. The highest BCUT2D eigenvalue weighted by atomic mass is 16.5. The van der Waals surface area contributed by atoms with E-state index in [4.69, 9.17) is 4.74 Å². The minimum atomic E-state index is 0.386. The molecule has 0 aromatic carbocycles. The molecule has 0 bridgehead atoms. The lowest BCUT2D eigenvalue weighted by Crippen LogP contribution is -2.24. The molecular weight excluding hydrogens is 188 g/mol. The summed E-state index contributed by atoms with van der Waals surface area (Å²) in [7, 11) is 0. The standard InChI is InChI=1S/C12H12N2O/c1-2-10(3-1)15-12-5-4-9-8-13-7-6-11(9)14-12/h4-8,10H,1-3H2. The van der Waals surface area contributed by atoms with Crippen LogP contribution >= 0.6 is 0 Å². The van der Waals surface area contributed by atoms with Gasteiger partial charge in [0.05, 0.1) is 5.52 Å². The SMILES string of the molecule is c1cc2nc(OC3CCC3)ccc2cn1. The third-order valence-electron chi connectivity index (χ3n) is 2.80. The first-order valence-electron chi connectivity index (χ1n) is 5.29. The lowest BCUT2D eigenvalue weighted by atomic mass is 9.96. The number of fused-ring (bicyclic) bond motifs is 1. The number of ether oxygens (including phenoxy) is 1. The molecule has 3 rings (SSSR count). The van der Waals surface area contributed by atoms with Crippen LogP contribution in [0, 0.1) is 0 Å². The van der Waals surface area contributed by atoms with Crippen LogP contribution < -0.4 is 4.74 Å². The Morgan fingerprint density at radius 3 is 2.93 bits per heavy atom. The molecule has 2 aromatic heterocycles. The summed E-state index contributed by atoms with van der Waals surface area (Å²) in [6.07, 6.45) is 7.56. The zero-order valence-electron chi connectivity index (χ0n) is 8.39. The van der Waals surface area contributed by atoms with Crippen molar-refractivity contribution < 1.29 is 4.74 Å². The second-order valence-corrected chi connectivity index (χ2v) is 3.89. The Hall–Kier alpha value is -1.64. The topological polar surface area (TPSA) is 35.0 Å². The summed E-state index contributed by atoms with van der Waals surface area (Å²) in [5, 5.41) is 1.05. The van der Waals surface area contributed by atoms with E-state index in [-0.39, 0.29) is 0 Å². The van der Waals surface area contributed by atoms with E-state index in [0.717, 1.165) is 29.6 Å². The van der Waals surface area contributed by atoms with Crippen molar-refractivity contribution in [2.45, 2.75) is 25.4 Å². The lowest BCUT2D eigenvalue weighted by Gasteiger charge is -2.25. The minimum Gasteiger partial charge on any atom is -0.474 e. The molecular formula is C12H12N2O. The fourth-order valence-electron chi connectivity index (χ4n) is 1.67. The molecule has 0 unspecified atom stereocenters. The summed E-state index contributed by atoms with van der Waals surface area (Å²) in [4.78, 5) is 8.48. The number of nitrogens with zero attached hydrogens (tertiary/aromatic N) is 2. The maximum Gasteiger partial charge on any atom is 0.214 e. The molecule has 1 fully saturated rings. The third kappa shape index (κ3) is 1.65. The van der Waals surface area contributed by atoms with Gasteiger partial charge in [0.15, 0.2) is 0 Å². The number of pyridine rings is 2. The molecule has 3 heteroatoms. The van der Waals surface area contributed by atoms with E-state index in [1.165, 1.54) is 6.42 Å². The molecule has 2 heterocycles. The van der Waals surface area contributed by atoms with Crippen LogP contribution in [0.25, 0.3) is 10.9 Å². The van der Waals surface area contributed by atoms with E-state index in [1.54, 1.807) is 6.20 Å². The second kappa shape index (κ2) is 3.50. The van der Waals surface area contributed by atoms with Gasteiger partial charge in [0.2, 0.25) is 5.88 Å². The fourth-order valence-corrected chi connectivity index (χ4v) is 1.67. The van der Waals surface area contributed by atoms with E-state index in [9.17, 15) is 0 Å². The van der Waals surface area contributed by atoms with Crippen molar-refractivity contribution in [1.82, 2.24) is 9.97 Å². The molecule has 0 aliphatic heterocycles. The predicted octanol–water partition coefficient (Wildman–Crippen LogP) is 2.56. The van der Waals surface area contributed by atoms with Gasteiger partial charge in [-0.2, -0.15) is 0 Å². The highest BCUT2D eigenvalue weighted by molar-refractivity contribution is 5.77. The summed E-state index contributed by atoms with van der Waals surface area (Å²) in [6.45, 7) is 0. The van der Waals surface area contributed by atoms with Crippen LogP contribution in [0.5, 0.6) is 5.88 Å². The zero-order chi connectivity index (χ0) is 10.1. The van der Waals surface area contributed by atoms with Crippen molar-refractivity contribution in [3.8, 4) is 5.88 Å². The van der Waals surface area contributed by atoms with Crippen molar-refractivity contribution >= 4 is 10.9 Å². The minimum absolute atomic E-state index is 0.386. The van der Waals surface area contributed by atoms with Crippen molar-refractivity contribution in [3.05, 3.63) is 30.6 Å². The highest BCUT2D eigenvalue weighted by Gasteiger charge is 2.19. The number of aromatic nitrogens is 2. The molecule has 0 spiro atoms. The van der Waals surface area contributed by atoms with Crippen LogP contribution in [0.4, 0.5) is 0 Å². The number of hydrogen-bond donors (Lipinski definition) is 0. The van der Waals surface area contributed by atoms with Gasteiger partial charge in [0, 0.05) is 23.8 Å². The molecule has 0 radical (unpaired) electrons. The summed E-state index contributed by atoms with van der Waals surface area (Å²) in [5.41, 5.74) is 0.946. The first kappa shape index (κ1) is 8.65. The maximum atomic E-state index is 5.73. The summed E-state index contributed by atoms with van der Waals surface area (Å²) in [6, 6.07) is 5.83. The lowest BCUT2D eigenvalue weighted by molar-refractivity contribution is 0.115. The molecule has 2 aromatic rings. The average molecular weight is 200 g/mol. The molecule has 1 aliphatic rings. The Morgan fingerprint density at radius 1 is 1.20 bits per heavy atom. The van der Waals surface area contributed by atoms with E-state index < -0.39 is 0 Å². The van der Waals surface area contributed by atoms with E-state index in [0.29, 0.717) is 6.10 Å². The Bertz CT molecular complexity index is 480. The van der Waals surface area contributed by atoms with Crippen LogP contribution in [0.2, 0.25) is 0 Å². The zero-order valence-corrected chi connectivity index (χ0v) is 8.39. The summed E-state index contributed by atoms with van der Waals surface area (Å²) >= 11 is 0. The second-order valence-electron chi connectivity index (χ2n) is 3.89. The molecule has 1 aliphatic carbocycles. The first-order chi connectivity index (χ1) is 7.42. The molecule has 0 saturated heterocycles. The third-order valence-corrected chi connectivity index (χ3v) is 2.80. The van der Waals surface area contributed by atoms with Gasteiger partial charge in [-0.05, 0) is 31.4 Å². The molecule has 15 heavy (non-hydrogen) atoms. The Labute approximate surface area is 88.1 Å². The molecule has 0 N–H and O–H groups in total. The van der Waals surface area contributed by atoms with Crippen LogP contribution in [0.15, 0.2) is 30.6 Å². The molecule has 0 amide bonds. The highest BCUT2D eigenvalue weighted by Crippen LogP contribution is 2.24. The smallest absolute Gasteiger partial charge is 0.214 e. The van der Waals surface area contributed by atoms with Crippen molar-refractivity contribution in [3.63, 3.8) is 0 Å². The van der Waals surface area contributed by atoms with Crippen LogP contribution in [0.1, 0.15) is 19.3 Å².